The minimum atomic E-state index is -0.0516. The Labute approximate surface area is 101 Å². The van der Waals surface area contributed by atoms with Crippen LogP contribution in [-0.4, -0.2) is 35.5 Å². The van der Waals surface area contributed by atoms with Crippen molar-refractivity contribution in [1.29, 1.82) is 0 Å². The first kappa shape index (κ1) is 13.4. The molecule has 0 spiro atoms. The van der Waals surface area contributed by atoms with Crippen LogP contribution in [0.4, 0.5) is 5.95 Å². The number of hydrogen-bond acceptors (Lipinski definition) is 5. The van der Waals surface area contributed by atoms with Crippen LogP contribution in [-0.2, 0) is 11.3 Å². The van der Waals surface area contributed by atoms with Gasteiger partial charge in [-0.05, 0) is 19.9 Å². The number of hydrogen-bond donors (Lipinski definition) is 2. The van der Waals surface area contributed by atoms with Crippen molar-refractivity contribution in [2.45, 2.75) is 26.4 Å². The fourth-order valence-electron chi connectivity index (χ4n) is 1.34. The molecule has 6 heteroatoms. The molecule has 0 atom stereocenters. The molecule has 94 valence electrons. The summed E-state index contributed by atoms with van der Waals surface area (Å²) in [5, 5.41) is 2.81. The predicted molar refractivity (Wildman–Crippen MR) is 66.5 cm³/mol. The molecule has 0 saturated carbocycles. The largest absolute Gasteiger partial charge is 0.352 e. The van der Waals surface area contributed by atoms with E-state index in [9.17, 15) is 4.79 Å². The van der Waals surface area contributed by atoms with E-state index in [-0.39, 0.29) is 18.5 Å². The quantitative estimate of drug-likeness (QED) is 0.747. The Kier molecular flexibility index (Phi) is 4.84. The lowest BCUT2D eigenvalue weighted by Gasteiger charge is -2.17. The molecule has 0 aliphatic carbocycles. The van der Waals surface area contributed by atoms with Crippen molar-refractivity contribution >= 4 is 11.9 Å². The summed E-state index contributed by atoms with van der Waals surface area (Å²) >= 11 is 0. The molecule has 0 radical (unpaired) electrons. The third-order valence-electron chi connectivity index (χ3n) is 2.08. The molecule has 1 aromatic heterocycles. The summed E-state index contributed by atoms with van der Waals surface area (Å²) in [7, 11) is 1.77. The third kappa shape index (κ3) is 4.36. The molecule has 1 heterocycles. The number of nitrogens with two attached hydrogens (primary N) is 1. The topological polar surface area (TPSA) is 84.1 Å². The lowest BCUT2D eigenvalue weighted by atomic mass is 10.4. The predicted octanol–water partition coefficient (Wildman–Crippen LogP) is -0.104. The second kappa shape index (κ2) is 6.15. The van der Waals surface area contributed by atoms with E-state index >= 15 is 0 Å². The number of carbonyl (C=O) groups excluding carboxylic acids is 1. The van der Waals surface area contributed by atoms with Crippen LogP contribution in [0.3, 0.4) is 0 Å². The smallest absolute Gasteiger partial charge is 0.239 e. The molecule has 6 nitrogen and oxygen atoms in total. The highest BCUT2D eigenvalue weighted by Crippen LogP contribution is 2.04. The van der Waals surface area contributed by atoms with Crippen molar-refractivity contribution in [1.82, 2.24) is 15.3 Å². The maximum atomic E-state index is 11.6. The number of likely N-dealkylation sites (N-methyl/N-ethyl adjacent to an activating group) is 1. The zero-order valence-electron chi connectivity index (χ0n) is 10.5. The summed E-state index contributed by atoms with van der Waals surface area (Å²) in [6.07, 6.45) is 1.64. The molecule has 1 rings (SSSR count). The van der Waals surface area contributed by atoms with Crippen LogP contribution in [0.25, 0.3) is 0 Å². The summed E-state index contributed by atoms with van der Waals surface area (Å²) in [6.45, 7) is 4.43. The SMILES string of the molecule is CC(C)NC(=O)CN(C)c1nccc(CN)n1. The standard InChI is InChI=1S/C11H19N5O/c1-8(2)14-10(17)7-16(3)11-13-5-4-9(6-12)15-11/h4-5,8H,6-7,12H2,1-3H3,(H,14,17). The van der Waals surface area contributed by atoms with E-state index in [1.54, 1.807) is 24.2 Å². The lowest BCUT2D eigenvalue weighted by Crippen LogP contribution is -2.39. The summed E-state index contributed by atoms with van der Waals surface area (Å²) in [6, 6.07) is 1.89. The van der Waals surface area contributed by atoms with Crippen molar-refractivity contribution < 1.29 is 4.79 Å². The van der Waals surface area contributed by atoms with E-state index < -0.39 is 0 Å². The van der Waals surface area contributed by atoms with Gasteiger partial charge in [-0.15, -0.1) is 0 Å². The van der Waals surface area contributed by atoms with Gasteiger partial charge in [0.2, 0.25) is 11.9 Å². The molecule has 0 unspecified atom stereocenters. The molecular formula is C11H19N5O. The van der Waals surface area contributed by atoms with E-state index in [0.717, 1.165) is 5.69 Å². The number of aromatic nitrogens is 2. The zero-order valence-corrected chi connectivity index (χ0v) is 10.5. The second-order valence-corrected chi connectivity index (χ2v) is 4.13. The van der Waals surface area contributed by atoms with Crippen molar-refractivity contribution in [3.63, 3.8) is 0 Å². The van der Waals surface area contributed by atoms with Gasteiger partial charge in [0, 0.05) is 25.8 Å². The number of rotatable bonds is 5. The van der Waals surface area contributed by atoms with Crippen molar-refractivity contribution in [3.05, 3.63) is 18.0 Å². The molecule has 3 N–H and O–H groups in total. The molecule has 0 fully saturated rings. The molecular weight excluding hydrogens is 218 g/mol. The van der Waals surface area contributed by atoms with Crippen LogP contribution < -0.4 is 16.0 Å². The molecule has 0 aromatic carbocycles. The molecule has 17 heavy (non-hydrogen) atoms. The number of anilines is 1. The van der Waals surface area contributed by atoms with Crippen LogP contribution in [0.15, 0.2) is 12.3 Å². The maximum Gasteiger partial charge on any atom is 0.239 e. The van der Waals surface area contributed by atoms with Gasteiger partial charge in [0.25, 0.3) is 0 Å². The monoisotopic (exact) mass is 237 g/mol. The molecule has 0 aliphatic rings. The number of nitrogens with zero attached hydrogens (tertiary/aromatic N) is 3. The van der Waals surface area contributed by atoms with E-state index in [2.05, 4.69) is 15.3 Å². The van der Waals surface area contributed by atoms with Gasteiger partial charge >= 0.3 is 0 Å². The second-order valence-electron chi connectivity index (χ2n) is 4.13. The molecule has 1 aromatic rings. The zero-order chi connectivity index (χ0) is 12.8. The van der Waals surface area contributed by atoms with Gasteiger partial charge in [0.15, 0.2) is 0 Å². The van der Waals surface area contributed by atoms with Crippen molar-refractivity contribution in [2.24, 2.45) is 5.73 Å². The average Bonchev–Trinajstić information content (AvgIpc) is 2.27. The van der Waals surface area contributed by atoms with Gasteiger partial charge in [0.05, 0.1) is 12.2 Å². The molecule has 1 amide bonds. The Balaban J connectivity index is 2.62. The number of nitrogens with one attached hydrogen (secondary N) is 1. The van der Waals surface area contributed by atoms with Gasteiger partial charge in [-0.1, -0.05) is 0 Å². The highest BCUT2D eigenvalue weighted by atomic mass is 16.2. The molecule has 0 saturated heterocycles. The van der Waals surface area contributed by atoms with Crippen LogP contribution in [0.2, 0.25) is 0 Å². The Bertz CT molecular complexity index is 380. The summed E-state index contributed by atoms with van der Waals surface area (Å²) in [5.41, 5.74) is 6.25. The van der Waals surface area contributed by atoms with Crippen LogP contribution >= 0.6 is 0 Å². The first-order valence-corrected chi connectivity index (χ1v) is 5.55. The Morgan fingerprint density at radius 1 is 1.59 bits per heavy atom. The minimum Gasteiger partial charge on any atom is -0.352 e. The Morgan fingerprint density at radius 3 is 2.88 bits per heavy atom. The summed E-state index contributed by atoms with van der Waals surface area (Å²) in [5.74, 6) is 0.455. The minimum absolute atomic E-state index is 0.0516. The Hall–Kier alpha value is -1.69. The Morgan fingerprint density at radius 2 is 2.29 bits per heavy atom. The van der Waals surface area contributed by atoms with Crippen LogP contribution in [0, 0.1) is 0 Å². The van der Waals surface area contributed by atoms with E-state index in [1.165, 1.54) is 0 Å². The van der Waals surface area contributed by atoms with Gasteiger partial charge < -0.3 is 16.0 Å². The van der Waals surface area contributed by atoms with Gasteiger partial charge in [-0.25, -0.2) is 9.97 Å². The van der Waals surface area contributed by atoms with Gasteiger partial charge in [-0.3, -0.25) is 4.79 Å². The van der Waals surface area contributed by atoms with E-state index in [1.807, 2.05) is 13.8 Å². The summed E-state index contributed by atoms with van der Waals surface area (Å²) < 4.78 is 0. The van der Waals surface area contributed by atoms with E-state index in [0.29, 0.717) is 12.5 Å². The van der Waals surface area contributed by atoms with E-state index in [4.69, 9.17) is 5.73 Å². The fraction of sp³-hybridized carbons (Fsp3) is 0.545. The number of carbonyl (C=O) groups is 1. The maximum absolute atomic E-state index is 11.6. The fourth-order valence-corrected chi connectivity index (χ4v) is 1.34. The normalized spacial score (nSPS) is 10.4. The van der Waals surface area contributed by atoms with Crippen molar-refractivity contribution in [2.75, 3.05) is 18.5 Å². The average molecular weight is 237 g/mol. The molecule has 0 aliphatic heterocycles. The third-order valence-corrected chi connectivity index (χ3v) is 2.08. The van der Waals surface area contributed by atoms with Gasteiger partial charge in [-0.2, -0.15) is 0 Å². The number of amides is 1. The highest BCUT2D eigenvalue weighted by Gasteiger charge is 2.10. The van der Waals surface area contributed by atoms with Crippen LogP contribution in [0.1, 0.15) is 19.5 Å². The lowest BCUT2D eigenvalue weighted by molar-refractivity contribution is -0.120. The first-order valence-electron chi connectivity index (χ1n) is 5.55. The molecule has 0 bridgehead atoms. The summed E-state index contributed by atoms with van der Waals surface area (Å²) in [4.78, 5) is 21.6. The first-order chi connectivity index (χ1) is 8.02. The van der Waals surface area contributed by atoms with Crippen LogP contribution in [0.5, 0.6) is 0 Å². The van der Waals surface area contributed by atoms with Gasteiger partial charge in [0.1, 0.15) is 0 Å². The van der Waals surface area contributed by atoms with Crippen molar-refractivity contribution in [3.8, 4) is 0 Å². The highest BCUT2D eigenvalue weighted by molar-refractivity contribution is 5.80.